The molecule has 0 aliphatic carbocycles. The van der Waals surface area contributed by atoms with E-state index in [1.807, 2.05) is 11.3 Å². The number of thiophene rings is 1. The van der Waals surface area contributed by atoms with Gasteiger partial charge in [0, 0.05) is 11.8 Å². The van der Waals surface area contributed by atoms with Crippen molar-refractivity contribution in [2.45, 2.75) is 6.54 Å². The Morgan fingerprint density at radius 2 is 2.07 bits per heavy atom. The fourth-order valence-corrected chi connectivity index (χ4v) is 2.40. The molecule has 0 amide bonds. The molecule has 2 heterocycles. The first-order valence-corrected chi connectivity index (χ1v) is 5.28. The summed E-state index contributed by atoms with van der Waals surface area (Å²) in [6.45, 7) is 1.08. The predicted molar refractivity (Wildman–Crippen MR) is 57.9 cm³/mol. The average molecular weight is 322 g/mol. The van der Waals surface area contributed by atoms with Gasteiger partial charge in [-0.25, -0.2) is 0 Å². The second kappa shape index (κ2) is 4.20. The molecule has 0 fully saturated rings. The smallest absolute Gasteiger partial charge is 0.107 e. The van der Waals surface area contributed by atoms with Crippen LogP contribution >= 0.6 is 11.3 Å². The highest BCUT2D eigenvalue weighted by molar-refractivity contribution is 7.17. The molecule has 2 aromatic heterocycles. The van der Waals surface area contributed by atoms with Crippen LogP contribution in [0.25, 0.3) is 10.2 Å². The van der Waals surface area contributed by atoms with Gasteiger partial charge in [0.1, 0.15) is 6.54 Å². The number of hydrogen-bond donors (Lipinski definition) is 1. The lowest BCUT2D eigenvalue weighted by Gasteiger charge is -2.23. The molecule has 2 nitrogen and oxygen atoms in total. The van der Waals surface area contributed by atoms with E-state index in [1.165, 1.54) is 15.8 Å². The van der Waals surface area contributed by atoms with E-state index >= 15 is 0 Å². The lowest BCUT2D eigenvalue weighted by Crippen LogP contribution is -3.00. The summed E-state index contributed by atoms with van der Waals surface area (Å²) < 4.78 is 2.39. The molecule has 0 saturated heterocycles. The number of aromatic nitrogens is 1. The predicted octanol–water partition coefficient (Wildman–Crippen LogP) is -0.560. The standard InChI is InChI=1S/C10H15N2S.HI/c1-12(2,3)7-8-6-11-9-4-5-13-10(8)9;/h4-6,11H,7H2,1-3H3;1H/q+1;/p-1. The molecule has 1 N–H and O–H groups in total. The van der Waals surface area contributed by atoms with Crippen molar-refractivity contribution < 1.29 is 28.5 Å². The van der Waals surface area contributed by atoms with Crippen molar-refractivity contribution in [1.29, 1.82) is 0 Å². The lowest BCUT2D eigenvalue weighted by atomic mass is 10.3. The van der Waals surface area contributed by atoms with Crippen LogP contribution < -0.4 is 24.0 Å². The van der Waals surface area contributed by atoms with Gasteiger partial charge in [-0.05, 0) is 11.4 Å². The quantitative estimate of drug-likeness (QED) is 0.564. The Kier molecular flexibility index (Phi) is 3.60. The van der Waals surface area contributed by atoms with Crippen molar-refractivity contribution in [3.05, 3.63) is 23.2 Å². The monoisotopic (exact) mass is 322 g/mol. The van der Waals surface area contributed by atoms with Crippen molar-refractivity contribution in [1.82, 2.24) is 4.98 Å². The number of H-pyrrole nitrogens is 1. The molecule has 0 aromatic carbocycles. The highest BCUT2D eigenvalue weighted by Gasteiger charge is 2.13. The molecule has 0 spiro atoms. The van der Waals surface area contributed by atoms with Gasteiger partial charge in [-0.3, -0.25) is 0 Å². The Hall–Kier alpha value is -0.0700. The van der Waals surface area contributed by atoms with E-state index in [1.54, 1.807) is 0 Å². The maximum atomic E-state index is 3.29. The Bertz CT molecular complexity index is 411. The lowest BCUT2D eigenvalue weighted by molar-refractivity contribution is -0.883. The Labute approximate surface area is 106 Å². The molecule has 0 aliphatic rings. The third-order valence-corrected chi connectivity index (χ3v) is 2.99. The molecule has 0 aliphatic heterocycles. The molecule has 0 saturated carbocycles. The van der Waals surface area contributed by atoms with Crippen molar-refractivity contribution >= 4 is 21.6 Å². The normalized spacial score (nSPS) is 11.6. The summed E-state index contributed by atoms with van der Waals surface area (Å²) >= 11 is 1.82. The second-order valence-electron chi connectivity index (χ2n) is 4.43. The number of aromatic amines is 1. The van der Waals surface area contributed by atoms with E-state index in [2.05, 4.69) is 43.8 Å². The Morgan fingerprint density at radius 1 is 1.36 bits per heavy atom. The van der Waals surface area contributed by atoms with E-state index in [4.69, 9.17) is 0 Å². The molecule has 2 rings (SSSR count). The first-order valence-electron chi connectivity index (χ1n) is 4.40. The third-order valence-electron chi connectivity index (χ3n) is 2.00. The fourth-order valence-electron chi connectivity index (χ4n) is 1.53. The maximum absolute atomic E-state index is 3.29. The van der Waals surface area contributed by atoms with Gasteiger partial charge >= 0.3 is 0 Å². The minimum Gasteiger partial charge on any atom is -1.00 e. The van der Waals surface area contributed by atoms with Crippen LogP contribution in [0.2, 0.25) is 0 Å². The molecule has 78 valence electrons. The van der Waals surface area contributed by atoms with Gasteiger partial charge < -0.3 is 33.4 Å². The van der Waals surface area contributed by atoms with Gasteiger partial charge in [0.05, 0.1) is 31.4 Å². The van der Waals surface area contributed by atoms with Gasteiger partial charge in [0.2, 0.25) is 0 Å². The van der Waals surface area contributed by atoms with Crippen LogP contribution in [0.15, 0.2) is 17.6 Å². The van der Waals surface area contributed by atoms with Gasteiger partial charge in [-0.1, -0.05) is 0 Å². The zero-order valence-corrected chi connectivity index (χ0v) is 11.6. The molecule has 2 aromatic rings. The molecule has 0 radical (unpaired) electrons. The largest absolute Gasteiger partial charge is 1.00 e. The highest BCUT2D eigenvalue weighted by Crippen LogP contribution is 2.25. The first kappa shape index (κ1) is 12.0. The zero-order valence-electron chi connectivity index (χ0n) is 8.67. The highest BCUT2D eigenvalue weighted by atomic mass is 127. The number of nitrogens with one attached hydrogen (secondary N) is 1. The maximum Gasteiger partial charge on any atom is 0.107 e. The van der Waals surface area contributed by atoms with Gasteiger partial charge in [0.25, 0.3) is 0 Å². The molecular formula is C10H15IN2S. The minimum atomic E-state index is 0. The van der Waals surface area contributed by atoms with Gasteiger partial charge in [-0.15, -0.1) is 11.3 Å². The zero-order chi connectivity index (χ0) is 9.47. The van der Waals surface area contributed by atoms with Crippen LogP contribution in [0, 0.1) is 0 Å². The number of nitrogens with zero attached hydrogens (tertiary/aromatic N) is 1. The summed E-state index contributed by atoms with van der Waals surface area (Å²) in [5.74, 6) is 0. The number of hydrogen-bond acceptors (Lipinski definition) is 1. The second-order valence-corrected chi connectivity index (χ2v) is 5.34. The first-order chi connectivity index (χ1) is 6.06. The van der Waals surface area contributed by atoms with E-state index < -0.39 is 0 Å². The average Bonchev–Trinajstić information content (AvgIpc) is 2.50. The van der Waals surface area contributed by atoms with Crippen LogP contribution in [0.4, 0.5) is 0 Å². The SMILES string of the molecule is C[N+](C)(C)Cc1c[nH]c2ccsc12.[I-]. The van der Waals surface area contributed by atoms with Gasteiger partial charge in [0.15, 0.2) is 0 Å². The van der Waals surface area contributed by atoms with Crippen LogP contribution in [-0.4, -0.2) is 30.6 Å². The summed E-state index contributed by atoms with van der Waals surface area (Å²) in [4.78, 5) is 3.29. The van der Waals surface area contributed by atoms with Gasteiger partial charge in [-0.2, -0.15) is 0 Å². The number of rotatable bonds is 2. The molecule has 4 heteroatoms. The summed E-state index contributed by atoms with van der Waals surface area (Å²) in [6.07, 6.45) is 2.13. The Morgan fingerprint density at radius 3 is 2.71 bits per heavy atom. The van der Waals surface area contributed by atoms with Crippen LogP contribution in [0.5, 0.6) is 0 Å². The van der Waals surface area contributed by atoms with Crippen LogP contribution in [0.1, 0.15) is 5.56 Å². The summed E-state index contributed by atoms with van der Waals surface area (Å²) in [5.41, 5.74) is 2.70. The van der Waals surface area contributed by atoms with E-state index in [0.29, 0.717) is 0 Å². The van der Waals surface area contributed by atoms with E-state index in [0.717, 1.165) is 11.0 Å². The summed E-state index contributed by atoms with van der Waals surface area (Å²) in [7, 11) is 6.64. The fraction of sp³-hybridized carbons (Fsp3) is 0.400. The summed E-state index contributed by atoms with van der Waals surface area (Å²) in [6, 6.07) is 2.14. The minimum absolute atomic E-state index is 0. The van der Waals surface area contributed by atoms with Crippen LogP contribution in [0.3, 0.4) is 0 Å². The molecular weight excluding hydrogens is 307 g/mol. The van der Waals surface area contributed by atoms with Crippen molar-refractivity contribution in [3.63, 3.8) is 0 Å². The Balaban J connectivity index is 0.000000980. The van der Waals surface area contributed by atoms with Crippen LogP contribution in [-0.2, 0) is 6.54 Å². The molecule has 14 heavy (non-hydrogen) atoms. The number of halogens is 1. The van der Waals surface area contributed by atoms with Crippen molar-refractivity contribution in [3.8, 4) is 0 Å². The number of quaternary nitrogens is 1. The van der Waals surface area contributed by atoms with E-state index in [-0.39, 0.29) is 24.0 Å². The number of fused-ring (bicyclic) bond motifs is 1. The molecule has 0 atom stereocenters. The topological polar surface area (TPSA) is 15.8 Å². The van der Waals surface area contributed by atoms with E-state index in [9.17, 15) is 0 Å². The third kappa shape index (κ3) is 2.49. The van der Waals surface area contributed by atoms with Crippen molar-refractivity contribution in [2.75, 3.05) is 21.1 Å². The molecule has 0 unspecified atom stereocenters. The summed E-state index contributed by atoms with van der Waals surface area (Å²) in [5, 5.41) is 2.14. The van der Waals surface area contributed by atoms with Crippen molar-refractivity contribution in [2.24, 2.45) is 0 Å². The molecule has 0 bridgehead atoms.